The fourth-order valence-corrected chi connectivity index (χ4v) is 4.71. The van der Waals surface area contributed by atoms with Gasteiger partial charge in [0.05, 0.1) is 18.8 Å². The lowest BCUT2D eigenvalue weighted by Gasteiger charge is -2.19. The molecule has 114 valence electrons. The van der Waals surface area contributed by atoms with Gasteiger partial charge in [-0.2, -0.15) is 4.31 Å². The number of thiophene rings is 1. The second-order valence-electron chi connectivity index (χ2n) is 4.63. The Kier molecular flexibility index (Phi) is 5.10. The van der Waals surface area contributed by atoms with Crippen molar-refractivity contribution in [1.29, 1.82) is 0 Å². The lowest BCUT2D eigenvalue weighted by atomic mass is 10.3. The summed E-state index contributed by atoms with van der Waals surface area (Å²) < 4.78 is 26.9. The molecule has 0 saturated heterocycles. The molecule has 0 spiro atoms. The number of aliphatic hydroxyl groups is 1. The predicted molar refractivity (Wildman–Crippen MR) is 82.5 cm³/mol. The van der Waals surface area contributed by atoms with Gasteiger partial charge in [0.2, 0.25) is 0 Å². The summed E-state index contributed by atoms with van der Waals surface area (Å²) in [5.41, 5.74) is 2.20. The number of nitrogens with zero attached hydrogens (tertiary/aromatic N) is 2. The van der Waals surface area contributed by atoms with Crippen molar-refractivity contribution in [2.45, 2.75) is 31.2 Å². The summed E-state index contributed by atoms with van der Waals surface area (Å²) in [6.07, 6.45) is 0. The summed E-state index contributed by atoms with van der Waals surface area (Å²) in [7, 11) is -3.55. The van der Waals surface area contributed by atoms with Gasteiger partial charge in [0.25, 0.3) is 10.0 Å². The third-order valence-electron chi connectivity index (χ3n) is 3.04. The van der Waals surface area contributed by atoms with E-state index in [-0.39, 0.29) is 17.4 Å². The van der Waals surface area contributed by atoms with Gasteiger partial charge in [0, 0.05) is 12.2 Å². The highest BCUT2D eigenvalue weighted by Crippen LogP contribution is 2.25. The first-order valence-electron chi connectivity index (χ1n) is 6.58. The van der Waals surface area contributed by atoms with E-state index in [4.69, 9.17) is 5.11 Å². The van der Waals surface area contributed by atoms with Crippen LogP contribution in [0.5, 0.6) is 0 Å². The molecule has 0 saturated carbocycles. The summed E-state index contributed by atoms with van der Waals surface area (Å²) in [5.74, 6) is 0. The van der Waals surface area contributed by atoms with Crippen LogP contribution < -0.4 is 0 Å². The van der Waals surface area contributed by atoms with Gasteiger partial charge < -0.3 is 5.11 Å². The summed E-state index contributed by atoms with van der Waals surface area (Å²) in [5, 5.41) is 10.7. The molecule has 0 radical (unpaired) electrons. The van der Waals surface area contributed by atoms with E-state index in [9.17, 15) is 8.42 Å². The largest absolute Gasteiger partial charge is 0.392 e. The standard InChI is InChI=1S/C14H18N2O3S2/c1-3-16(8-13-6-4-5-11(2)15-13)21(18,19)14-7-12(9-17)10-20-14/h4-7,10,17H,3,8-9H2,1-2H3. The molecular formula is C14H18N2O3S2. The average Bonchev–Trinajstić information content (AvgIpc) is 2.94. The zero-order valence-electron chi connectivity index (χ0n) is 12.0. The molecule has 21 heavy (non-hydrogen) atoms. The zero-order valence-corrected chi connectivity index (χ0v) is 13.6. The van der Waals surface area contributed by atoms with Gasteiger partial charge in [-0.1, -0.05) is 13.0 Å². The Balaban J connectivity index is 2.27. The first-order chi connectivity index (χ1) is 9.97. The highest BCUT2D eigenvalue weighted by Gasteiger charge is 2.25. The van der Waals surface area contributed by atoms with Gasteiger partial charge in [-0.15, -0.1) is 11.3 Å². The smallest absolute Gasteiger partial charge is 0.252 e. The molecule has 2 aromatic rings. The molecule has 0 aromatic carbocycles. The summed E-state index contributed by atoms with van der Waals surface area (Å²) in [4.78, 5) is 4.35. The van der Waals surface area contributed by atoms with E-state index >= 15 is 0 Å². The second-order valence-corrected chi connectivity index (χ2v) is 7.71. The van der Waals surface area contributed by atoms with Crippen LogP contribution in [-0.4, -0.2) is 29.4 Å². The Morgan fingerprint density at radius 2 is 2.14 bits per heavy atom. The monoisotopic (exact) mass is 326 g/mol. The van der Waals surface area contributed by atoms with Gasteiger partial charge in [0.1, 0.15) is 4.21 Å². The van der Waals surface area contributed by atoms with E-state index in [0.717, 1.165) is 22.7 Å². The van der Waals surface area contributed by atoms with Gasteiger partial charge >= 0.3 is 0 Å². The van der Waals surface area contributed by atoms with Gasteiger partial charge in [-0.25, -0.2) is 8.42 Å². The fourth-order valence-electron chi connectivity index (χ4n) is 1.93. The molecule has 2 heterocycles. The molecule has 0 aliphatic heterocycles. The molecule has 0 bridgehead atoms. The Bertz CT molecular complexity index is 711. The topological polar surface area (TPSA) is 70.5 Å². The number of aromatic nitrogens is 1. The Morgan fingerprint density at radius 3 is 2.71 bits per heavy atom. The molecule has 1 N–H and O–H groups in total. The first-order valence-corrected chi connectivity index (χ1v) is 8.90. The second kappa shape index (κ2) is 6.65. The van der Waals surface area contributed by atoms with Crippen molar-refractivity contribution in [3.8, 4) is 0 Å². The number of hydrogen-bond donors (Lipinski definition) is 1. The maximum atomic E-state index is 12.6. The number of rotatable bonds is 6. The van der Waals surface area contributed by atoms with Crippen LogP contribution in [0.2, 0.25) is 0 Å². The highest BCUT2D eigenvalue weighted by atomic mass is 32.2. The normalized spacial score (nSPS) is 12.0. The van der Waals surface area contributed by atoms with Crippen LogP contribution in [0.25, 0.3) is 0 Å². The SMILES string of the molecule is CCN(Cc1cccc(C)n1)S(=O)(=O)c1cc(CO)cs1. The fraction of sp³-hybridized carbons (Fsp3) is 0.357. The molecule has 5 nitrogen and oxygen atoms in total. The predicted octanol–water partition coefficient (Wildman–Crippen LogP) is 2.15. The Morgan fingerprint density at radius 1 is 1.38 bits per heavy atom. The number of aliphatic hydroxyl groups excluding tert-OH is 1. The van der Waals surface area contributed by atoms with E-state index in [1.165, 1.54) is 10.4 Å². The van der Waals surface area contributed by atoms with Crippen molar-refractivity contribution in [2.75, 3.05) is 6.54 Å². The van der Waals surface area contributed by atoms with Crippen molar-refractivity contribution < 1.29 is 13.5 Å². The van der Waals surface area contributed by atoms with Crippen molar-refractivity contribution >= 4 is 21.4 Å². The minimum absolute atomic E-state index is 0.155. The molecule has 0 fully saturated rings. The van der Waals surface area contributed by atoms with E-state index in [1.54, 1.807) is 12.3 Å². The van der Waals surface area contributed by atoms with Crippen molar-refractivity contribution in [1.82, 2.24) is 9.29 Å². The maximum absolute atomic E-state index is 12.6. The molecule has 2 aromatic heterocycles. The van der Waals surface area contributed by atoms with Gasteiger partial charge in [-0.3, -0.25) is 4.98 Å². The van der Waals surface area contributed by atoms with Crippen molar-refractivity contribution in [2.24, 2.45) is 0 Å². The van der Waals surface area contributed by atoms with Crippen LogP contribution in [0.15, 0.2) is 33.9 Å². The molecule has 0 amide bonds. The average molecular weight is 326 g/mol. The zero-order chi connectivity index (χ0) is 15.5. The molecule has 0 atom stereocenters. The molecule has 2 rings (SSSR count). The summed E-state index contributed by atoms with van der Waals surface area (Å²) in [6, 6.07) is 7.08. The number of aryl methyl sites for hydroxylation is 1. The minimum atomic E-state index is -3.55. The van der Waals surface area contributed by atoms with Crippen molar-refractivity contribution in [3.05, 3.63) is 46.6 Å². The van der Waals surface area contributed by atoms with Crippen LogP contribution in [0.1, 0.15) is 23.9 Å². The molecule has 7 heteroatoms. The van der Waals surface area contributed by atoms with Crippen LogP contribution in [0, 0.1) is 6.92 Å². The quantitative estimate of drug-likeness (QED) is 0.883. The maximum Gasteiger partial charge on any atom is 0.252 e. The number of sulfonamides is 1. The van der Waals surface area contributed by atoms with Crippen LogP contribution >= 0.6 is 11.3 Å². The molecule has 0 aliphatic carbocycles. The van der Waals surface area contributed by atoms with E-state index in [2.05, 4.69) is 4.98 Å². The van der Waals surface area contributed by atoms with Gasteiger partial charge in [-0.05, 0) is 36.1 Å². The lowest BCUT2D eigenvalue weighted by molar-refractivity contribution is 0.282. The van der Waals surface area contributed by atoms with Crippen LogP contribution in [0.4, 0.5) is 0 Å². The molecule has 0 unspecified atom stereocenters. The third kappa shape index (κ3) is 3.68. The van der Waals surface area contributed by atoms with Crippen LogP contribution in [0.3, 0.4) is 0 Å². The first kappa shape index (κ1) is 16.1. The molecule has 0 aliphatic rings. The lowest BCUT2D eigenvalue weighted by Crippen LogP contribution is -2.30. The Labute approximate surface area is 128 Å². The highest BCUT2D eigenvalue weighted by molar-refractivity contribution is 7.91. The van der Waals surface area contributed by atoms with Crippen molar-refractivity contribution in [3.63, 3.8) is 0 Å². The third-order valence-corrected chi connectivity index (χ3v) is 6.43. The van der Waals surface area contributed by atoms with Gasteiger partial charge in [0.15, 0.2) is 0 Å². The van der Waals surface area contributed by atoms with E-state index < -0.39 is 10.0 Å². The molecular weight excluding hydrogens is 308 g/mol. The van der Waals surface area contributed by atoms with Crippen LogP contribution in [-0.2, 0) is 23.2 Å². The number of pyridine rings is 1. The number of hydrogen-bond acceptors (Lipinski definition) is 5. The van der Waals surface area contributed by atoms with E-state index in [0.29, 0.717) is 12.1 Å². The Hall–Kier alpha value is -1.28. The van der Waals surface area contributed by atoms with E-state index in [1.807, 2.05) is 25.1 Å². The summed E-state index contributed by atoms with van der Waals surface area (Å²) >= 11 is 1.13. The summed E-state index contributed by atoms with van der Waals surface area (Å²) in [6.45, 7) is 4.13. The minimum Gasteiger partial charge on any atom is -0.392 e.